The maximum absolute atomic E-state index is 12.8. The summed E-state index contributed by atoms with van der Waals surface area (Å²) in [5, 5.41) is 0. The van der Waals surface area contributed by atoms with Gasteiger partial charge in [-0.25, -0.2) is 0 Å². The Morgan fingerprint density at radius 2 is 0.600 bits per heavy atom. The number of hydrogen-bond acceptors (Lipinski definition) is 6. The Labute approximate surface area is 403 Å². The average Bonchev–Trinajstić information content (AvgIpc) is 3.30. The molecule has 0 aromatic heterocycles. The van der Waals surface area contributed by atoms with E-state index in [4.69, 9.17) is 14.2 Å². The molecule has 0 amide bonds. The second-order valence-corrected chi connectivity index (χ2v) is 18.8. The van der Waals surface area contributed by atoms with E-state index in [1.807, 2.05) is 0 Å². The van der Waals surface area contributed by atoms with E-state index in [-0.39, 0.29) is 31.1 Å². The maximum Gasteiger partial charge on any atom is 0.306 e. The Kier molecular flexibility index (Phi) is 51.8. The fourth-order valence-corrected chi connectivity index (χ4v) is 8.14. The molecule has 0 aromatic rings. The number of hydrogen-bond donors (Lipinski definition) is 0. The van der Waals surface area contributed by atoms with Crippen molar-refractivity contribution in [3.05, 3.63) is 48.6 Å². The largest absolute Gasteiger partial charge is 0.462 e. The van der Waals surface area contributed by atoms with Gasteiger partial charge in [-0.1, -0.05) is 262 Å². The van der Waals surface area contributed by atoms with Gasteiger partial charge in [0, 0.05) is 19.3 Å². The number of carbonyl (C=O) groups is 3. The van der Waals surface area contributed by atoms with Crippen molar-refractivity contribution < 1.29 is 28.6 Å². The van der Waals surface area contributed by atoms with Gasteiger partial charge in [0.1, 0.15) is 13.2 Å². The Balaban J connectivity index is 4.38. The second-order valence-electron chi connectivity index (χ2n) is 18.8. The molecule has 0 aromatic carbocycles. The molecule has 0 fully saturated rings. The van der Waals surface area contributed by atoms with Crippen LogP contribution in [0.4, 0.5) is 0 Å². The van der Waals surface area contributed by atoms with Crippen molar-refractivity contribution in [2.24, 2.45) is 0 Å². The Hall–Kier alpha value is -2.63. The predicted molar refractivity (Wildman–Crippen MR) is 279 cm³/mol. The molecule has 1 atom stereocenters. The van der Waals surface area contributed by atoms with Gasteiger partial charge < -0.3 is 14.2 Å². The molecule has 6 heteroatoms. The van der Waals surface area contributed by atoms with Crippen LogP contribution in [0.15, 0.2) is 48.6 Å². The van der Waals surface area contributed by atoms with E-state index in [9.17, 15) is 14.4 Å². The van der Waals surface area contributed by atoms with Crippen LogP contribution in [-0.4, -0.2) is 37.2 Å². The van der Waals surface area contributed by atoms with Crippen molar-refractivity contribution in [1.82, 2.24) is 0 Å². The van der Waals surface area contributed by atoms with Gasteiger partial charge in [-0.05, 0) is 57.8 Å². The summed E-state index contributed by atoms with van der Waals surface area (Å²) in [4.78, 5) is 38.1. The SMILES string of the molecule is CC/C=C\C/C=C\C/C=C\C/C=C\CCCCCCC(=O)OC[C@H](COC(=O)CCCCCCCCCCCCCCC)OC(=O)CCCCCCCCCCCCCCCCCCC. The summed E-state index contributed by atoms with van der Waals surface area (Å²) in [6.45, 7) is 6.54. The van der Waals surface area contributed by atoms with E-state index in [1.165, 1.54) is 154 Å². The van der Waals surface area contributed by atoms with Crippen LogP contribution in [0, 0.1) is 0 Å². The van der Waals surface area contributed by atoms with Gasteiger partial charge in [0.05, 0.1) is 0 Å². The van der Waals surface area contributed by atoms with Gasteiger partial charge in [0.2, 0.25) is 0 Å². The van der Waals surface area contributed by atoms with E-state index in [0.29, 0.717) is 19.3 Å². The predicted octanol–water partition coefficient (Wildman–Crippen LogP) is 18.7. The quantitative estimate of drug-likeness (QED) is 0.0262. The molecule has 6 nitrogen and oxygen atoms in total. The number of ether oxygens (including phenoxy) is 3. The lowest BCUT2D eigenvalue weighted by Crippen LogP contribution is -2.30. The average molecular weight is 911 g/mol. The van der Waals surface area contributed by atoms with Crippen LogP contribution in [-0.2, 0) is 28.6 Å². The third-order valence-corrected chi connectivity index (χ3v) is 12.3. The van der Waals surface area contributed by atoms with Gasteiger partial charge in [-0.15, -0.1) is 0 Å². The molecule has 0 rings (SSSR count). The minimum absolute atomic E-state index is 0.0767. The molecule has 0 aliphatic rings. The first-order valence-electron chi connectivity index (χ1n) is 28.1. The minimum atomic E-state index is -0.779. The molecule has 0 N–H and O–H groups in total. The van der Waals surface area contributed by atoms with Crippen LogP contribution in [0.2, 0.25) is 0 Å². The number of allylic oxidation sites excluding steroid dienone is 8. The topological polar surface area (TPSA) is 78.9 Å². The van der Waals surface area contributed by atoms with Crippen molar-refractivity contribution in [2.45, 2.75) is 297 Å². The van der Waals surface area contributed by atoms with Gasteiger partial charge >= 0.3 is 17.9 Å². The second kappa shape index (κ2) is 54.0. The first-order chi connectivity index (χ1) is 32.0. The summed E-state index contributed by atoms with van der Waals surface area (Å²) < 4.78 is 16.8. The molecule has 0 heterocycles. The van der Waals surface area contributed by atoms with Crippen LogP contribution in [0.3, 0.4) is 0 Å². The van der Waals surface area contributed by atoms with Crippen LogP contribution >= 0.6 is 0 Å². The lowest BCUT2D eigenvalue weighted by molar-refractivity contribution is -0.167. The highest BCUT2D eigenvalue weighted by molar-refractivity contribution is 5.71. The normalized spacial score (nSPS) is 12.4. The van der Waals surface area contributed by atoms with E-state index >= 15 is 0 Å². The third-order valence-electron chi connectivity index (χ3n) is 12.3. The number of unbranched alkanes of at least 4 members (excludes halogenated alkanes) is 32. The molecular formula is C59H106O6. The number of carbonyl (C=O) groups excluding carboxylic acids is 3. The molecule has 0 saturated heterocycles. The van der Waals surface area contributed by atoms with Crippen molar-refractivity contribution >= 4 is 17.9 Å². The monoisotopic (exact) mass is 911 g/mol. The summed E-state index contributed by atoms with van der Waals surface area (Å²) in [7, 11) is 0. The van der Waals surface area contributed by atoms with Crippen LogP contribution < -0.4 is 0 Å². The first-order valence-corrected chi connectivity index (χ1v) is 28.1. The lowest BCUT2D eigenvalue weighted by atomic mass is 10.0. The Morgan fingerprint density at radius 1 is 0.323 bits per heavy atom. The van der Waals surface area contributed by atoms with Crippen LogP contribution in [0.1, 0.15) is 290 Å². The Morgan fingerprint density at radius 3 is 0.938 bits per heavy atom. The summed E-state index contributed by atoms with van der Waals surface area (Å²) in [5.41, 5.74) is 0. The van der Waals surface area contributed by atoms with E-state index < -0.39 is 6.10 Å². The van der Waals surface area contributed by atoms with Gasteiger partial charge in [0.15, 0.2) is 6.10 Å². The first kappa shape index (κ1) is 62.4. The summed E-state index contributed by atoms with van der Waals surface area (Å²) in [5.74, 6) is -0.886. The zero-order chi connectivity index (χ0) is 47.2. The number of esters is 3. The van der Waals surface area contributed by atoms with E-state index in [2.05, 4.69) is 69.4 Å². The number of rotatable bonds is 51. The highest BCUT2D eigenvalue weighted by atomic mass is 16.6. The molecule has 0 aliphatic carbocycles. The molecule has 65 heavy (non-hydrogen) atoms. The molecule has 0 spiro atoms. The summed E-state index contributed by atoms with van der Waals surface area (Å²) in [6, 6.07) is 0. The van der Waals surface area contributed by atoms with Crippen molar-refractivity contribution in [2.75, 3.05) is 13.2 Å². The molecule has 0 saturated carbocycles. The van der Waals surface area contributed by atoms with Gasteiger partial charge in [-0.3, -0.25) is 14.4 Å². The zero-order valence-corrected chi connectivity index (χ0v) is 43.3. The summed E-state index contributed by atoms with van der Waals surface area (Å²) in [6.07, 6.45) is 65.2. The standard InChI is InChI=1S/C59H106O6/c1-4-7-10-13-16-19-22-25-27-29-31-34-37-40-43-46-49-52-58(61)64-55-56(54-63-57(60)51-48-45-42-39-36-33-24-21-18-15-12-9-6-3)65-59(62)53-50-47-44-41-38-35-32-30-28-26-23-20-17-14-11-8-5-2/h7,10,16,19,25,27,31,34,56H,4-6,8-9,11-15,17-18,20-24,26,28-30,32-33,35-55H2,1-3H3/b10-7-,19-16-,27-25-,34-31-/t56-/m0/s1. The smallest absolute Gasteiger partial charge is 0.306 e. The Bertz CT molecular complexity index is 1140. The molecule has 378 valence electrons. The van der Waals surface area contributed by atoms with E-state index in [0.717, 1.165) is 96.3 Å². The highest BCUT2D eigenvalue weighted by Crippen LogP contribution is 2.16. The zero-order valence-electron chi connectivity index (χ0n) is 43.3. The van der Waals surface area contributed by atoms with Gasteiger partial charge in [-0.2, -0.15) is 0 Å². The molecule has 0 aliphatic heterocycles. The van der Waals surface area contributed by atoms with Crippen LogP contribution in [0.5, 0.6) is 0 Å². The maximum atomic E-state index is 12.8. The molecule has 0 bridgehead atoms. The highest BCUT2D eigenvalue weighted by Gasteiger charge is 2.19. The fraction of sp³-hybridized carbons (Fsp3) is 0.814. The fourth-order valence-electron chi connectivity index (χ4n) is 8.14. The third kappa shape index (κ3) is 52.2. The minimum Gasteiger partial charge on any atom is -0.462 e. The van der Waals surface area contributed by atoms with Crippen LogP contribution in [0.25, 0.3) is 0 Å². The van der Waals surface area contributed by atoms with Crippen molar-refractivity contribution in [3.8, 4) is 0 Å². The van der Waals surface area contributed by atoms with Crippen molar-refractivity contribution in [3.63, 3.8) is 0 Å². The molecule has 0 radical (unpaired) electrons. The summed E-state index contributed by atoms with van der Waals surface area (Å²) >= 11 is 0. The van der Waals surface area contributed by atoms with Gasteiger partial charge in [0.25, 0.3) is 0 Å². The molecule has 0 unspecified atom stereocenters. The van der Waals surface area contributed by atoms with E-state index in [1.54, 1.807) is 0 Å². The molecular weight excluding hydrogens is 805 g/mol. The lowest BCUT2D eigenvalue weighted by Gasteiger charge is -2.18. The van der Waals surface area contributed by atoms with Crippen molar-refractivity contribution in [1.29, 1.82) is 0 Å².